The molecule has 2 amide bonds. The maximum absolute atomic E-state index is 13.6. The molecule has 1 aliphatic heterocycles. The Labute approximate surface area is 190 Å². The molecule has 176 valence electrons. The van der Waals surface area contributed by atoms with E-state index in [2.05, 4.69) is 10.6 Å². The molecule has 8 aliphatic carbocycles. The summed E-state index contributed by atoms with van der Waals surface area (Å²) in [6.07, 6.45) is 12.9. The number of carbonyl (C=O) groups excluding carboxylic acids is 2. The number of amides is 2. The van der Waals surface area contributed by atoms with Crippen molar-refractivity contribution in [3.8, 4) is 0 Å². The molecular weight excluding hydrogens is 404 g/mol. The van der Waals surface area contributed by atoms with Crippen LogP contribution in [-0.4, -0.2) is 37.5 Å². The highest BCUT2D eigenvalue weighted by Crippen LogP contribution is 2.61. The Bertz CT molecular complexity index is 673. The average molecular weight is 443 g/mol. The molecular formula is C26H38N2O4. The zero-order valence-electron chi connectivity index (χ0n) is 19.2. The second-order valence-electron chi connectivity index (χ2n) is 12.9. The van der Waals surface area contributed by atoms with E-state index in [1.165, 1.54) is 38.5 Å². The van der Waals surface area contributed by atoms with Crippen molar-refractivity contribution in [2.45, 2.75) is 89.5 Å². The molecule has 1 saturated heterocycles. The Balaban J connectivity index is 1.05. The predicted octanol–water partition coefficient (Wildman–Crippen LogP) is 3.35. The first-order chi connectivity index (χ1) is 15.5. The van der Waals surface area contributed by atoms with Gasteiger partial charge in [-0.25, -0.2) is 0 Å². The smallest absolute Gasteiger partial charge is 0.228 e. The first-order valence-electron chi connectivity index (χ1n) is 13.3. The molecule has 0 aromatic carbocycles. The highest BCUT2D eigenvalue weighted by molar-refractivity contribution is 5.84. The molecule has 0 aromatic rings. The van der Waals surface area contributed by atoms with E-state index in [9.17, 15) is 9.59 Å². The molecule has 1 heterocycles. The van der Waals surface area contributed by atoms with Crippen molar-refractivity contribution in [1.29, 1.82) is 0 Å². The Kier molecular flexibility index (Phi) is 4.54. The first-order valence-corrected chi connectivity index (χ1v) is 13.3. The number of hydrogen-bond acceptors (Lipinski definition) is 4. The van der Waals surface area contributed by atoms with Gasteiger partial charge in [-0.1, -0.05) is 0 Å². The standard InChI is InChI=1S/C26H38N2O4/c29-23(25-9-15-3-16(10-25)5-17(4-15)11-25)27-21-22(32-2-1-31-21)28-24(30)26-12-18-6-19(13-26)8-20(7-18)14-26/h15-22H,1-14H2,(H,27,29)(H,28,30). The lowest BCUT2D eigenvalue weighted by Crippen LogP contribution is -2.63. The lowest BCUT2D eigenvalue weighted by molar-refractivity contribution is -0.186. The van der Waals surface area contributed by atoms with Crippen molar-refractivity contribution in [3.05, 3.63) is 0 Å². The molecule has 32 heavy (non-hydrogen) atoms. The van der Waals surface area contributed by atoms with E-state index in [4.69, 9.17) is 9.47 Å². The maximum atomic E-state index is 13.6. The summed E-state index contributed by atoms with van der Waals surface area (Å²) < 4.78 is 11.9. The summed E-state index contributed by atoms with van der Waals surface area (Å²) in [5.41, 5.74) is -0.436. The van der Waals surface area contributed by atoms with Gasteiger partial charge in [0.2, 0.25) is 11.8 Å². The van der Waals surface area contributed by atoms with Crippen molar-refractivity contribution in [1.82, 2.24) is 10.6 Å². The van der Waals surface area contributed by atoms with E-state index in [0.29, 0.717) is 13.2 Å². The zero-order chi connectivity index (χ0) is 21.5. The van der Waals surface area contributed by atoms with E-state index >= 15 is 0 Å². The van der Waals surface area contributed by atoms with Crippen LogP contribution in [0.15, 0.2) is 0 Å². The van der Waals surface area contributed by atoms with Gasteiger partial charge in [0, 0.05) is 0 Å². The van der Waals surface area contributed by atoms with Gasteiger partial charge in [0.05, 0.1) is 24.0 Å². The van der Waals surface area contributed by atoms with Crippen molar-refractivity contribution < 1.29 is 19.1 Å². The molecule has 9 aliphatic rings. The second-order valence-corrected chi connectivity index (χ2v) is 12.9. The first kappa shape index (κ1) is 20.3. The number of nitrogens with one attached hydrogen (secondary N) is 2. The van der Waals surface area contributed by atoms with Crippen LogP contribution >= 0.6 is 0 Å². The molecule has 2 unspecified atom stereocenters. The summed E-state index contributed by atoms with van der Waals surface area (Å²) in [6.45, 7) is 0.908. The number of ether oxygens (including phenoxy) is 2. The molecule has 2 atom stereocenters. The van der Waals surface area contributed by atoms with E-state index in [-0.39, 0.29) is 22.6 Å². The Hall–Kier alpha value is -1.14. The third-order valence-corrected chi connectivity index (χ3v) is 10.5. The van der Waals surface area contributed by atoms with E-state index < -0.39 is 12.5 Å². The maximum Gasteiger partial charge on any atom is 0.228 e. The monoisotopic (exact) mass is 442 g/mol. The number of hydrogen-bond donors (Lipinski definition) is 2. The molecule has 0 radical (unpaired) electrons. The quantitative estimate of drug-likeness (QED) is 0.700. The van der Waals surface area contributed by atoms with E-state index in [0.717, 1.165) is 74.0 Å². The van der Waals surface area contributed by atoms with Crippen LogP contribution in [0, 0.1) is 46.3 Å². The predicted molar refractivity (Wildman–Crippen MR) is 117 cm³/mol. The van der Waals surface area contributed by atoms with Crippen LogP contribution in [0.5, 0.6) is 0 Å². The van der Waals surface area contributed by atoms with Crippen LogP contribution in [0.1, 0.15) is 77.0 Å². The number of rotatable bonds is 4. The zero-order valence-corrected chi connectivity index (χ0v) is 19.2. The summed E-state index contributed by atoms with van der Waals surface area (Å²) in [5.74, 6) is 4.62. The van der Waals surface area contributed by atoms with Gasteiger partial charge < -0.3 is 20.1 Å². The molecule has 8 saturated carbocycles. The van der Waals surface area contributed by atoms with Gasteiger partial charge in [-0.3, -0.25) is 9.59 Å². The highest BCUT2D eigenvalue weighted by atomic mass is 16.6. The largest absolute Gasteiger partial charge is 0.351 e. The Morgan fingerprint density at radius 2 is 0.812 bits per heavy atom. The fourth-order valence-electron chi connectivity index (χ4n) is 10.1. The van der Waals surface area contributed by atoms with Gasteiger partial charge >= 0.3 is 0 Å². The third kappa shape index (κ3) is 3.19. The normalized spacial score (nSPS) is 52.8. The van der Waals surface area contributed by atoms with Gasteiger partial charge in [-0.15, -0.1) is 0 Å². The van der Waals surface area contributed by atoms with Crippen LogP contribution in [0.4, 0.5) is 0 Å². The SMILES string of the molecule is O=C(NC1OCCOC1NC(=O)C12CC3CC(CC(C3)C1)C2)C12CC3CC(CC(C3)C1)C2. The van der Waals surface area contributed by atoms with Crippen LogP contribution in [0.25, 0.3) is 0 Å². The van der Waals surface area contributed by atoms with Crippen molar-refractivity contribution in [3.63, 3.8) is 0 Å². The van der Waals surface area contributed by atoms with Crippen LogP contribution in [0.3, 0.4) is 0 Å². The van der Waals surface area contributed by atoms with Crippen molar-refractivity contribution in [2.24, 2.45) is 46.3 Å². The van der Waals surface area contributed by atoms with E-state index in [1.807, 2.05) is 0 Å². The summed E-state index contributed by atoms with van der Waals surface area (Å²) in [7, 11) is 0. The van der Waals surface area contributed by atoms with Crippen LogP contribution < -0.4 is 10.6 Å². The summed E-state index contributed by atoms with van der Waals surface area (Å²) in [6, 6.07) is 0. The fourth-order valence-corrected chi connectivity index (χ4v) is 10.1. The van der Waals surface area contributed by atoms with Crippen LogP contribution in [-0.2, 0) is 19.1 Å². The van der Waals surface area contributed by atoms with Crippen molar-refractivity contribution >= 4 is 11.8 Å². The highest BCUT2D eigenvalue weighted by Gasteiger charge is 2.57. The molecule has 9 fully saturated rings. The van der Waals surface area contributed by atoms with Gasteiger partial charge in [0.1, 0.15) is 0 Å². The Morgan fingerprint density at radius 1 is 0.531 bits per heavy atom. The lowest BCUT2D eigenvalue weighted by Gasteiger charge is -2.56. The Morgan fingerprint density at radius 3 is 1.09 bits per heavy atom. The minimum atomic E-state index is -0.581. The average Bonchev–Trinajstić information content (AvgIpc) is 2.73. The molecule has 6 heteroatoms. The molecule has 0 spiro atoms. The molecule has 2 N–H and O–H groups in total. The van der Waals surface area contributed by atoms with Crippen molar-refractivity contribution in [2.75, 3.05) is 13.2 Å². The minimum absolute atomic E-state index is 0.140. The van der Waals surface area contributed by atoms with Crippen LogP contribution in [0.2, 0.25) is 0 Å². The summed E-state index contributed by atoms with van der Waals surface area (Å²) in [5, 5.41) is 6.41. The molecule has 9 rings (SSSR count). The molecule has 6 nitrogen and oxygen atoms in total. The topological polar surface area (TPSA) is 76.7 Å². The van der Waals surface area contributed by atoms with Gasteiger partial charge in [0.15, 0.2) is 12.5 Å². The second kappa shape index (κ2) is 7.18. The minimum Gasteiger partial charge on any atom is -0.351 e. The molecule has 8 bridgehead atoms. The van der Waals surface area contributed by atoms with Gasteiger partial charge in [-0.05, 0) is 113 Å². The third-order valence-electron chi connectivity index (χ3n) is 10.5. The lowest BCUT2D eigenvalue weighted by atomic mass is 9.49. The molecule has 0 aromatic heterocycles. The fraction of sp³-hybridized carbons (Fsp3) is 0.923. The number of carbonyl (C=O) groups is 2. The van der Waals surface area contributed by atoms with E-state index in [1.54, 1.807) is 0 Å². The van der Waals surface area contributed by atoms with Gasteiger partial charge in [0.25, 0.3) is 0 Å². The summed E-state index contributed by atoms with van der Waals surface area (Å²) >= 11 is 0. The summed E-state index contributed by atoms with van der Waals surface area (Å²) in [4.78, 5) is 27.1. The van der Waals surface area contributed by atoms with Gasteiger partial charge in [-0.2, -0.15) is 0 Å².